The molecule has 2 heterocycles. The van der Waals surface area contributed by atoms with E-state index in [0.29, 0.717) is 31.2 Å². The molecule has 1 atom stereocenters. The number of rotatable bonds is 7. The van der Waals surface area contributed by atoms with Crippen LogP contribution in [0.25, 0.3) is 0 Å². The minimum absolute atomic E-state index is 0.320. The van der Waals surface area contributed by atoms with Crippen molar-refractivity contribution in [2.45, 2.75) is 33.7 Å². The van der Waals surface area contributed by atoms with Crippen LogP contribution < -0.4 is 5.32 Å². The normalized spacial score (nSPS) is 18.7. The molecule has 0 aromatic heterocycles. The summed E-state index contributed by atoms with van der Waals surface area (Å²) in [5.41, 5.74) is 2.88. The maximum absolute atomic E-state index is 13.2. The second-order valence-electron chi connectivity index (χ2n) is 7.25. The van der Waals surface area contributed by atoms with Gasteiger partial charge < -0.3 is 10.1 Å². The number of amides is 4. The lowest BCUT2D eigenvalue weighted by Crippen LogP contribution is -2.57. The lowest BCUT2D eigenvalue weighted by molar-refractivity contribution is -0.408. The van der Waals surface area contributed by atoms with E-state index in [1.54, 1.807) is 13.3 Å². The minimum Gasteiger partial charge on any atom is -0.496 e. The summed E-state index contributed by atoms with van der Waals surface area (Å²) in [6.45, 7) is 6.12. The molecule has 3 rings (SSSR count). The van der Waals surface area contributed by atoms with Crippen LogP contribution in [-0.4, -0.2) is 59.6 Å². The standard InChI is InChI=1S/C22H26N4O4/c1-5-16-12-24-20-18(19(16)30-6-2)21(28)26(22(29)25(20)4)13-17(27)23-11-15-9-7-14(3)8-10-15/h7-10,12,18H,5-6,11,13H2,1-4H3/p+1. The second-order valence-corrected chi connectivity index (χ2v) is 7.25. The Balaban J connectivity index is 1.78. The molecule has 0 bridgehead atoms. The quantitative estimate of drug-likeness (QED) is 0.695. The number of aryl methyl sites for hydroxylation is 1. The van der Waals surface area contributed by atoms with Gasteiger partial charge in [-0.05, 0) is 25.8 Å². The number of hydrogen-bond donors (Lipinski definition) is 1. The molecule has 0 saturated heterocycles. The van der Waals surface area contributed by atoms with Crippen LogP contribution >= 0.6 is 0 Å². The zero-order valence-corrected chi connectivity index (χ0v) is 17.8. The molecule has 0 fully saturated rings. The monoisotopic (exact) mass is 411 g/mol. The zero-order valence-electron chi connectivity index (χ0n) is 17.8. The summed E-state index contributed by atoms with van der Waals surface area (Å²) in [6.07, 6.45) is 2.28. The van der Waals surface area contributed by atoms with Crippen molar-refractivity contribution in [3.63, 3.8) is 0 Å². The molecule has 0 aliphatic carbocycles. The topological polar surface area (TPSA) is 91.1 Å². The molecule has 0 saturated carbocycles. The third-order valence-corrected chi connectivity index (χ3v) is 5.16. The van der Waals surface area contributed by atoms with Gasteiger partial charge in [-0.3, -0.25) is 9.59 Å². The number of benzene rings is 1. The van der Waals surface area contributed by atoms with Crippen molar-refractivity contribution in [3.8, 4) is 0 Å². The van der Waals surface area contributed by atoms with Crippen molar-refractivity contribution in [1.29, 1.82) is 0 Å². The third-order valence-electron chi connectivity index (χ3n) is 5.16. The first-order valence-electron chi connectivity index (χ1n) is 10.0. The SMILES string of the molecule is CCOC1=C(CC)C=NC2=[N+](C)C(=O)N(CC(=O)NCc3ccc(C)cc3)C(=O)C12. The van der Waals surface area contributed by atoms with Crippen LogP contribution in [-0.2, 0) is 20.9 Å². The Labute approximate surface area is 175 Å². The number of hydrogen-bond acceptors (Lipinski definition) is 5. The molecule has 4 amide bonds. The fourth-order valence-corrected chi connectivity index (χ4v) is 3.47. The Morgan fingerprint density at radius 1 is 1.23 bits per heavy atom. The molecule has 8 heteroatoms. The van der Waals surface area contributed by atoms with Crippen molar-refractivity contribution in [2.24, 2.45) is 10.9 Å². The van der Waals surface area contributed by atoms with Crippen LogP contribution in [0.15, 0.2) is 40.6 Å². The van der Waals surface area contributed by atoms with Crippen molar-refractivity contribution in [3.05, 3.63) is 46.7 Å². The molecule has 0 radical (unpaired) electrons. The van der Waals surface area contributed by atoms with E-state index < -0.39 is 23.8 Å². The molecule has 0 spiro atoms. The number of dihydropyridines is 1. The summed E-state index contributed by atoms with van der Waals surface area (Å²) in [5, 5.41) is 2.77. The average Bonchev–Trinajstić information content (AvgIpc) is 2.74. The number of carbonyl (C=O) groups is 3. The van der Waals surface area contributed by atoms with Crippen LogP contribution in [0.1, 0.15) is 31.4 Å². The van der Waals surface area contributed by atoms with E-state index in [1.807, 2.05) is 45.0 Å². The Hall–Kier alpha value is -3.29. The van der Waals surface area contributed by atoms with E-state index in [4.69, 9.17) is 4.74 Å². The van der Waals surface area contributed by atoms with Gasteiger partial charge in [-0.2, -0.15) is 9.48 Å². The number of carbonyl (C=O) groups excluding carboxylic acids is 3. The van der Waals surface area contributed by atoms with E-state index in [-0.39, 0.29) is 6.54 Å². The number of imide groups is 1. The van der Waals surface area contributed by atoms with Crippen molar-refractivity contribution >= 4 is 29.9 Å². The van der Waals surface area contributed by atoms with Crippen molar-refractivity contribution in [1.82, 2.24) is 10.2 Å². The maximum atomic E-state index is 13.2. The van der Waals surface area contributed by atoms with Crippen molar-refractivity contribution < 1.29 is 23.7 Å². The van der Waals surface area contributed by atoms with Gasteiger partial charge in [0.25, 0.3) is 11.7 Å². The number of amidine groups is 1. The van der Waals surface area contributed by atoms with E-state index in [2.05, 4.69) is 10.3 Å². The summed E-state index contributed by atoms with van der Waals surface area (Å²) >= 11 is 0. The van der Waals surface area contributed by atoms with Gasteiger partial charge >= 0.3 is 11.9 Å². The summed E-state index contributed by atoms with van der Waals surface area (Å²) in [7, 11) is 1.55. The average molecular weight is 411 g/mol. The Morgan fingerprint density at radius 3 is 2.57 bits per heavy atom. The van der Waals surface area contributed by atoms with Gasteiger partial charge in [-0.25, -0.2) is 4.79 Å². The molecule has 1 aromatic carbocycles. The number of aliphatic imine (C=N–C) groups is 1. The number of nitrogens with one attached hydrogen (secondary N) is 1. The van der Waals surface area contributed by atoms with Gasteiger partial charge in [0.15, 0.2) is 12.5 Å². The van der Waals surface area contributed by atoms with E-state index in [9.17, 15) is 14.4 Å². The van der Waals surface area contributed by atoms with Crippen LogP contribution in [0, 0.1) is 12.8 Å². The van der Waals surface area contributed by atoms with E-state index in [0.717, 1.165) is 21.6 Å². The number of urea groups is 1. The molecule has 158 valence electrons. The third kappa shape index (κ3) is 4.17. The predicted octanol–water partition coefficient (Wildman–Crippen LogP) is 2.02. The first-order valence-corrected chi connectivity index (χ1v) is 10.0. The van der Waals surface area contributed by atoms with E-state index >= 15 is 0 Å². The summed E-state index contributed by atoms with van der Waals surface area (Å²) in [6, 6.07) is 7.19. The van der Waals surface area contributed by atoms with Crippen LogP contribution in [0.4, 0.5) is 4.79 Å². The minimum atomic E-state index is -0.822. The molecular formula is C22H27N4O4+. The van der Waals surface area contributed by atoms with Gasteiger partial charge in [0, 0.05) is 12.1 Å². The summed E-state index contributed by atoms with van der Waals surface area (Å²) in [5.74, 6) is -0.908. The number of ether oxygens (including phenoxy) is 1. The summed E-state index contributed by atoms with van der Waals surface area (Å²) in [4.78, 5) is 43.7. The van der Waals surface area contributed by atoms with E-state index in [1.165, 1.54) is 4.58 Å². The molecule has 30 heavy (non-hydrogen) atoms. The summed E-state index contributed by atoms with van der Waals surface area (Å²) < 4.78 is 7.07. The molecule has 8 nitrogen and oxygen atoms in total. The molecule has 1 unspecified atom stereocenters. The van der Waals surface area contributed by atoms with Crippen molar-refractivity contribution in [2.75, 3.05) is 20.2 Å². The molecule has 1 N–H and O–H groups in total. The smallest absolute Gasteiger partial charge is 0.446 e. The molecule has 1 aromatic rings. The molecule has 2 aliphatic rings. The number of nitrogens with zero attached hydrogens (tertiary/aromatic N) is 3. The van der Waals surface area contributed by atoms with Crippen LogP contribution in [0.2, 0.25) is 0 Å². The highest BCUT2D eigenvalue weighted by Crippen LogP contribution is 2.29. The first kappa shape index (κ1) is 21.4. The highest BCUT2D eigenvalue weighted by Gasteiger charge is 2.51. The van der Waals surface area contributed by atoms with Crippen LogP contribution in [0.3, 0.4) is 0 Å². The maximum Gasteiger partial charge on any atom is 0.446 e. The van der Waals surface area contributed by atoms with Gasteiger partial charge in [0.1, 0.15) is 12.0 Å². The first-order chi connectivity index (χ1) is 14.4. The Bertz CT molecular complexity index is 960. The largest absolute Gasteiger partial charge is 0.496 e. The van der Waals surface area contributed by atoms with Crippen LogP contribution in [0.5, 0.6) is 0 Å². The van der Waals surface area contributed by atoms with Gasteiger partial charge in [0.05, 0.1) is 13.7 Å². The molecular weight excluding hydrogens is 384 g/mol. The van der Waals surface area contributed by atoms with Gasteiger partial charge in [-0.15, -0.1) is 4.99 Å². The zero-order chi connectivity index (χ0) is 21.8. The fraction of sp³-hybridized carbons (Fsp3) is 0.409. The highest BCUT2D eigenvalue weighted by atomic mass is 16.5. The molecule has 2 aliphatic heterocycles. The highest BCUT2D eigenvalue weighted by molar-refractivity contribution is 6.16. The lowest BCUT2D eigenvalue weighted by atomic mass is 9.94. The number of allylic oxidation sites excluding steroid dienone is 1. The lowest BCUT2D eigenvalue weighted by Gasteiger charge is -2.29. The Morgan fingerprint density at radius 2 is 1.93 bits per heavy atom. The number of fused-ring (bicyclic) bond motifs is 1. The Kier molecular flexibility index (Phi) is 6.44. The van der Waals surface area contributed by atoms with Gasteiger partial charge in [-0.1, -0.05) is 36.8 Å². The predicted molar refractivity (Wildman–Crippen MR) is 112 cm³/mol. The second kappa shape index (κ2) is 9.02. The fourth-order valence-electron chi connectivity index (χ4n) is 3.47. The van der Waals surface area contributed by atoms with Gasteiger partial charge in [0.2, 0.25) is 0 Å².